The molecule has 0 radical (unpaired) electrons. The Morgan fingerprint density at radius 3 is 2.82 bits per heavy atom. The van der Waals surface area contributed by atoms with Crippen molar-refractivity contribution in [1.29, 1.82) is 0 Å². The molecule has 3 heteroatoms. The van der Waals surface area contributed by atoms with E-state index in [1.165, 1.54) is 0 Å². The second kappa shape index (κ2) is 3.72. The molecule has 11 heavy (non-hydrogen) atoms. The first-order chi connectivity index (χ1) is 5.20. The Balaban J connectivity index is 2.24. The molecule has 1 amide bonds. The van der Waals surface area contributed by atoms with E-state index >= 15 is 0 Å². The molecule has 3 nitrogen and oxygen atoms in total. The Morgan fingerprint density at radius 1 is 1.64 bits per heavy atom. The molecular weight excluding hydrogens is 140 g/mol. The fraction of sp³-hybridized carbons (Fsp3) is 0.875. The van der Waals surface area contributed by atoms with Crippen LogP contribution in [0.2, 0.25) is 0 Å². The van der Waals surface area contributed by atoms with Gasteiger partial charge in [0.1, 0.15) is 0 Å². The number of carbonyl (C=O) groups excluding carboxylic acids is 1. The summed E-state index contributed by atoms with van der Waals surface area (Å²) in [6, 6.07) is 0. The standard InChI is InChI=1S/C8H16N2O/c1-10(2)8(11)5-7-3-4-9-6-7/h7,9H,3-6H2,1-2H3/t7-/m0/s1. The maximum absolute atomic E-state index is 11.2. The molecule has 1 N–H and O–H groups in total. The highest BCUT2D eigenvalue weighted by molar-refractivity contribution is 5.75. The number of hydrogen-bond acceptors (Lipinski definition) is 2. The summed E-state index contributed by atoms with van der Waals surface area (Å²) in [6.45, 7) is 2.09. The summed E-state index contributed by atoms with van der Waals surface area (Å²) >= 11 is 0. The van der Waals surface area contributed by atoms with Crippen molar-refractivity contribution in [1.82, 2.24) is 10.2 Å². The molecule has 0 aromatic heterocycles. The average Bonchev–Trinajstić information content (AvgIpc) is 2.39. The van der Waals surface area contributed by atoms with E-state index in [0.717, 1.165) is 19.5 Å². The summed E-state index contributed by atoms with van der Waals surface area (Å²) in [4.78, 5) is 12.9. The van der Waals surface area contributed by atoms with Crippen LogP contribution in [0, 0.1) is 5.92 Å². The molecule has 1 heterocycles. The molecule has 64 valence electrons. The van der Waals surface area contributed by atoms with Gasteiger partial charge in [0.2, 0.25) is 5.91 Å². The van der Waals surface area contributed by atoms with Gasteiger partial charge >= 0.3 is 0 Å². The lowest BCUT2D eigenvalue weighted by Crippen LogP contribution is -2.24. The lowest BCUT2D eigenvalue weighted by molar-refractivity contribution is -0.129. The minimum absolute atomic E-state index is 0.249. The summed E-state index contributed by atoms with van der Waals surface area (Å²) in [5, 5.41) is 3.25. The number of rotatable bonds is 2. The van der Waals surface area contributed by atoms with E-state index in [0.29, 0.717) is 12.3 Å². The average molecular weight is 156 g/mol. The zero-order valence-electron chi connectivity index (χ0n) is 7.26. The number of hydrogen-bond donors (Lipinski definition) is 1. The number of nitrogens with zero attached hydrogens (tertiary/aromatic N) is 1. The van der Waals surface area contributed by atoms with Crippen molar-refractivity contribution in [3.05, 3.63) is 0 Å². The van der Waals surface area contributed by atoms with Gasteiger partial charge in [-0.25, -0.2) is 0 Å². The maximum atomic E-state index is 11.2. The van der Waals surface area contributed by atoms with Crippen LogP contribution >= 0.6 is 0 Å². The second-order valence-corrected chi connectivity index (χ2v) is 3.35. The molecule has 0 spiro atoms. The van der Waals surface area contributed by atoms with E-state index in [9.17, 15) is 4.79 Å². The summed E-state index contributed by atoms with van der Waals surface area (Å²) in [5.41, 5.74) is 0. The zero-order valence-corrected chi connectivity index (χ0v) is 7.26. The quantitative estimate of drug-likeness (QED) is 0.614. The topological polar surface area (TPSA) is 32.3 Å². The lowest BCUT2D eigenvalue weighted by atomic mass is 10.0. The van der Waals surface area contributed by atoms with Crippen molar-refractivity contribution < 1.29 is 4.79 Å². The Kier molecular flexibility index (Phi) is 2.88. The third kappa shape index (κ3) is 2.50. The molecule has 1 fully saturated rings. The molecule has 1 aliphatic heterocycles. The van der Waals surface area contributed by atoms with Crippen molar-refractivity contribution in [3.63, 3.8) is 0 Å². The van der Waals surface area contributed by atoms with Gasteiger partial charge in [-0.15, -0.1) is 0 Å². The first-order valence-electron chi connectivity index (χ1n) is 4.11. The van der Waals surface area contributed by atoms with Gasteiger partial charge in [0.15, 0.2) is 0 Å². The van der Waals surface area contributed by atoms with E-state index in [4.69, 9.17) is 0 Å². The number of carbonyl (C=O) groups is 1. The molecular formula is C8H16N2O. The van der Waals surface area contributed by atoms with Crippen molar-refractivity contribution >= 4 is 5.91 Å². The van der Waals surface area contributed by atoms with Crippen LogP contribution in [0.4, 0.5) is 0 Å². The molecule has 1 saturated heterocycles. The molecule has 0 unspecified atom stereocenters. The molecule has 1 aliphatic rings. The van der Waals surface area contributed by atoms with Crippen molar-refractivity contribution in [2.24, 2.45) is 5.92 Å². The highest BCUT2D eigenvalue weighted by Crippen LogP contribution is 2.12. The molecule has 0 bridgehead atoms. The Bertz CT molecular complexity index is 139. The first-order valence-corrected chi connectivity index (χ1v) is 4.11. The van der Waals surface area contributed by atoms with Crippen LogP contribution in [0.25, 0.3) is 0 Å². The normalized spacial score (nSPS) is 23.6. The largest absolute Gasteiger partial charge is 0.349 e. The molecule has 0 saturated carbocycles. The fourth-order valence-electron chi connectivity index (χ4n) is 1.32. The molecule has 1 rings (SSSR count). The summed E-state index contributed by atoms with van der Waals surface area (Å²) in [5.74, 6) is 0.823. The smallest absolute Gasteiger partial charge is 0.222 e. The van der Waals surface area contributed by atoms with Gasteiger partial charge in [0.25, 0.3) is 0 Å². The van der Waals surface area contributed by atoms with Gasteiger partial charge in [-0.1, -0.05) is 0 Å². The SMILES string of the molecule is CN(C)C(=O)C[C@@H]1CCNC1. The number of amides is 1. The monoisotopic (exact) mass is 156 g/mol. The highest BCUT2D eigenvalue weighted by atomic mass is 16.2. The second-order valence-electron chi connectivity index (χ2n) is 3.35. The minimum Gasteiger partial charge on any atom is -0.349 e. The highest BCUT2D eigenvalue weighted by Gasteiger charge is 2.18. The van der Waals surface area contributed by atoms with Crippen molar-refractivity contribution in [2.45, 2.75) is 12.8 Å². The maximum Gasteiger partial charge on any atom is 0.222 e. The Hall–Kier alpha value is -0.570. The van der Waals surface area contributed by atoms with Gasteiger partial charge in [-0.05, 0) is 25.4 Å². The van der Waals surface area contributed by atoms with E-state index in [1.807, 2.05) is 14.1 Å². The van der Waals surface area contributed by atoms with E-state index < -0.39 is 0 Å². The molecule has 0 aliphatic carbocycles. The van der Waals surface area contributed by atoms with Crippen LogP contribution in [0.1, 0.15) is 12.8 Å². The van der Waals surface area contributed by atoms with Gasteiger partial charge in [-0.2, -0.15) is 0 Å². The fourth-order valence-corrected chi connectivity index (χ4v) is 1.32. The van der Waals surface area contributed by atoms with Crippen molar-refractivity contribution in [2.75, 3.05) is 27.2 Å². The first kappa shape index (κ1) is 8.53. The van der Waals surface area contributed by atoms with E-state index in [-0.39, 0.29) is 5.91 Å². The molecule has 0 aromatic carbocycles. The van der Waals surface area contributed by atoms with E-state index in [2.05, 4.69) is 5.32 Å². The van der Waals surface area contributed by atoms with Crippen LogP contribution in [0.5, 0.6) is 0 Å². The zero-order chi connectivity index (χ0) is 8.27. The van der Waals surface area contributed by atoms with Crippen LogP contribution in [0.15, 0.2) is 0 Å². The molecule has 1 atom stereocenters. The summed E-state index contributed by atoms with van der Waals surface area (Å²) in [7, 11) is 3.62. The van der Waals surface area contributed by atoms with Crippen LogP contribution < -0.4 is 5.32 Å². The predicted molar refractivity (Wildman–Crippen MR) is 44.3 cm³/mol. The third-order valence-corrected chi connectivity index (χ3v) is 2.12. The summed E-state index contributed by atoms with van der Waals surface area (Å²) in [6.07, 6.45) is 1.86. The van der Waals surface area contributed by atoms with Crippen LogP contribution in [-0.2, 0) is 4.79 Å². The van der Waals surface area contributed by atoms with Crippen LogP contribution in [-0.4, -0.2) is 38.0 Å². The Morgan fingerprint density at radius 2 is 2.36 bits per heavy atom. The third-order valence-electron chi connectivity index (χ3n) is 2.12. The van der Waals surface area contributed by atoms with Gasteiger partial charge < -0.3 is 10.2 Å². The predicted octanol–water partition coefficient (Wildman–Crippen LogP) is 0.0742. The number of nitrogens with one attached hydrogen (secondary N) is 1. The van der Waals surface area contributed by atoms with Crippen molar-refractivity contribution in [3.8, 4) is 0 Å². The lowest BCUT2D eigenvalue weighted by Gasteiger charge is -2.12. The van der Waals surface area contributed by atoms with Gasteiger partial charge in [-0.3, -0.25) is 4.79 Å². The minimum atomic E-state index is 0.249. The summed E-state index contributed by atoms with van der Waals surface area (Å²) < 4.78 is 0. The Labute approximate surface area is 67.8 Å². The molecule has 0 aromatic rings. The van der Waals surface area contributed by atoms with E-state index in [1.54, 1.807) is 4.90 Å². The van der Waals surface area contributed by atoms with Gasteiger partial charge in [0.05, 0.1) is 0 Å². The van der Waals surface area contributed by atoms with Gasteiger partial charge in [0, 0.05) is 20.5 Å². The van der Waals surface area contributed by atoms with Crippen LogP contribution in [0.3, 0.4) is 0 Å².